The minimum atomic E-state index is 0.0402. The molecular formula is C20H26N2OS. The van der Waals surface area contributed by atoms with E-state index in [1.807, 2.05) is 0 Å². The summed E-state index contributed by atoms with van der Waals surface area (Å²) in [7, 11) is 0. The Kier molecular flexibility index (Phi) is 5.07. The van der Waals surface area contributed by atoms with Crippen molar-refractivity contribution in [3.05, 3.63) is 56.8 Å². The summed E-state index contributed by atoms with van der Waals surface area (Å²) in [5, 5.41) is 3.04. The molecule has 1 amide bonds. The second-order valence-corrected chi connectivity index (χ2v) is 8.27. The highest BCUT2D eigenvalue weighted by atomic mass is 32.1. The molecule has 3 nitrogen and oxygen atoms in total. The molecule has 0 fully saturated rings. The van der Waals surface area contributed by atoms with Gasteiger partial charge in [0.2, 0.25) is 0 Å². The maximum atomic E-state index is 12.4. The molecule has 0 bridgehead atoms. The van der Waals surface area contributed by atoms with Gasteiger partial charge in [-0.1, -0.05) is 38.1 Å². The highest BCUT2D eigenvalue weighted by Crippen LogP contribution is 2.32. The first-order valence-electron chi connectivity index (χ1n) is 8.66. The zero-order chi connectivity index (χ0) is 17.3. The number of carbonyl (C=O) groups excluding carboxylic acids is 1. The predicted molar refractivity (Wildman–Crippen MR) is 100 cm³/mol. The molecule has 1 aromatic carbocycles. The van der Waals surface area contributed by atoms with Crippen LogP contribution < -0.4 is 5.32 Å². The second kappa shape index (κ2) is 7.08. The highest BCUT2D eigenvalue weighted by Gasteiger charge is 2.25. The van der Waals surface area contributed by atoms with Gasteiger partial charge in [0.05, 0.1) is 4.88 Å². The van der Waals surface area contributed by atoms with Crippen molar-refractivity contribution in [2.75, 3.05) is 0 Å². The largest absolute Gasteiger partial charge is 0.347 e. The van der Waals surface area contributed by atoms with Crippen LogP contribution >= 0.6 is 11.3 Å². The number of rotatable bonds is 5. The van der Waals surface area contributed by atoms with Crippen LogP contribution in [0.2, 0.25) is 0 Å². The summed E-state index contributed by atoms with van der Waals surface area (Å²) in [6, 6.07) is 11.1. The molecule has 0 unspecified atom stereocenters. The Bertz CT molecular complexity index is 692. The van der Waals surface area contributed by atoms with E-state index >= 15 is 0 Å². The maximum Gasteiger partial charge on any atom is 0.261 e. The lowest BCUT2D eigenvalue weighted by Gasteiger charge is -2.19. The Morgan fingerprint density at radius 2 is 1.88 bits per heavy atom. The van der Waals surface area contributed by atoms with Gasteiger partial charge in [0.1, 0.15) is 0 Å². The van der Waals surface area contributed by atoms with Crippen molar-refractivity contribution < 1.29 is 4.79 Å². The minimum absolute atomic E-state index is 0.0402. The number of fused-ring (bicyclic) bond motifs is 1. The van der Waals surface area contributed by atoms with Gasteiger partial charge < -0.3 is 5.32 Å². The molecule has 2 heterocycles. The van der Waals surface area contributed by atoms with E-state index in [1.54, 1.807) is 11.3 Å². The summed E-state index contributed by atoms with van der Waals surface area (Å²) >= 11 is 1.64. The van der Waals surface area contributed by atoms with Gasteiger partial charge in [-0.05, 0) is 42.5 Å². The second-order valence-electron chi connectivity index (χ2n) is 7.14. The molecule has 3 rings (SSSR count). The van der Waals surface area contributed by atoms with E-state index in [2.05, 4.69) is 68.2 Å². The molecule has 24 heavy (non-hydrogen) atoms. The van der Waals surface area contributed by atoms with Gasteiger partial charge in [0, 0.05) is 30.6 Å². The lowest BCUT2D eigenvalue weighted by atomic mass is 10.0. The maximum absolute atomic E-state index is 12.4. The molecule has 0 radical (unpaired) electrons. The van der Waals surface area contributed by atoms with Gasteiger partial charge in [-0.15, -0.1) is 11.3 Å². The lowest BCUT2D eigenvalue weighted by Crippen LogP contribution is -2.25. The van der Waals surface area contributed by atoms with Crippen molar-refractivity contribution in [2.45, 2.75) is 59.3 Å². The van der Waals surface area contributed by atoms with Crippen LogP contribution in [-0.4, -0.2) is 16.8 Å². The van der Waals surface area contributed by atoms with Crippen LogP contribution in [0.1, 0.15) is 64.9 Å². The van der Waals surface area contributed by atoms with Crippen LogP contribution in [0.4, 0.5) is 0 Å². The van der Waals surface area contributed by atoms with Crippen LogP contribution in [0.25, 0.3) is 0 Å². The fourth-order valence-electron chi connectivity index (χ4n) is 2.96. The van der Waals surface area contributed by atoms with Crippen molar-refractivity contribution in [3.8, 4) is 0 Å². The minimum Gasteiger partial charge on any atom is -0.347 e. The molecule has 1 aliphatic rings. The summed E-state index contributed by atoms with van der Waals surface area (Å²) in [4.78, 5) is 17.0. The summed E-state index contributed by atoms with van der Waals surface area (Å²) in [5.74, 6) is 0.575. The fourth-order valence-corrected chi connectivity index (χ4v) is 4.08. The Labute approximate surface area is 148 Å². The zero-order valence-corrected chi connectivity index (χ0v) is 15.7. The van der Waals surface area contributed by atoms with Crippen molar-refractivity contribution in [1.82, 2.24) is 10.2 Å². The molecule has 0 spiro atoms. The summed E-state index contributed by atoms with van der Waals surface area (Å²) < 4.78 is 0. The van der Waals surface area contributed by atoms with E-state index in [-0.39, 0.29) is 5.91 Å². The van der Waals surface area contributed by atoms with Crippen LogP contribution in [0.3, 0.4) is 0 Å². The van der Waals surface area contributed by atoms with Gasteiger partial charge in [0.25, 0.3) is 5.91 Å². The third-order valence-electron chi connectivity index (χ3n) is 4.67. The summed E-state index contributed by atoms with van der Waals surface area (Å²) in [5.41, 5.74) is 3.79. The van der Waals surface area contributed by atoms with Crippen molar-refractivity contribution in [1.29, 1.82) is 0 Å². The lowest BCUT2D eigenvalue weighted by molar-refractivity contribution is 0.0955. The molecule has 0 saturated carbocycles. The van der Waals surface area contributed by atoms with E-state index in [4.69, 9.17) is 0 Å². The van der Waals surface area contributed by atoms with Crippen LogP contribution in [-0.2, 0) is 19.6 Å². The first-order valence-corrected chi connectivity index (χ1v) is 9.48. The molecule has 0 aliphatic carbocycles. The molecule has 2 aromatic rings. The summed E-state index contributed by atoms with van der Waals surface area (Å²) in [6.07, 6.45) is 0. The van der Waals surface area contributed by atoms with Gasteiger partial charge in [0.15, 0.2) is 0 Å². The first kappa shape index (κ1) is 17.2. The summed E-state index contributed by atoms with van der Waals surface area (Å²) in [6.45, 7) is 11.3. The zero-order valence-electron chi connectivity index (χ0n) is 14.9. The monoisotopic (exact) mass is 342 g/mol. The van der Waals surface area contributed by atoms with Gasteiger partial charge in [-0.2, -0.15) is 0 Å². The highest BCUT2D eigenvalue weighted by molar-refractivity contribution is 7.14. The Balaban J connectivity index is 1.58. The van der Waals surface area contributed by atoms with E-state index in [0.29, 0.717) is 18.5 Å². The quantitative estimate of drug-likeness (QED) is 0.866. The average Bonchev–Trinajstić information content (AvgIpc) is 3.11. The van der Waals surface area contributed by atoms with Gasteiger partial charge in [-0.25, -0.2) is 0 Å². The van der Waals surface area contributed by atoms with Gasteiger partial charge >= 0.3 is 0 Å². The third kappa shape index (κ3) is 3.70. The number of hydrogen-bond donors (Lipinski definition) is 1. The number of amides is 1. The van der Waals surface area contributed by atoms with Crippen LogP contribution in [0.5, 0.6) is 0 Å². The molecule has 1 N–H and O–H groups in total. The number of nitrogens with zero attached hydrogens (tertiary/aromatic N) is 1. The normalized spacial score (nSPS) is 14.4. The molecule has 4 heteroatoms. The molecule has 0 saturated heterocycles. The number of benzene rings is 1. The molecule has 128 valence electrons. The van der Waals surface area contributed by atoms with Crippen LogP contribution in [0.15, 0.2) is 30.3 Å². The van der Waals surface area contributed by atoms with E-state index in [1.165, 1.54) is 16.0 Å². The predicted octanol–water partition coefficient (Wildman–Crippen LogP) is 4.53. The number of hydrogen-bond acceptors (Lipinski definition) is 3. The molecular weight excluding hydrogens is 316 g/mol. The number of thiophene rings is 1. The Morgan fingerprint density at radius 1 is 1.17 bits per heavy atom. The molecule has 1 aromatic heterocycles. The van der Waals surface area contributed by atoms with Crippen molar-refractivity contribution in [3.63, 3.8) is 0 Å². The van der Waals surface area contributed by atoms with Gasteiger partial charge in [-0.3, -0.25) is 9.69 Å². The Morgan fingerprint density at radius 3 is 2.46 bits per heavy atom. The molecule has 1 aliphatic heterocycles. The SMILES string of the molecule is CC(C)c1ccc(CNC(=O)c2cc3c(s2)CN(C(C)C)C3)cc1. The van der Waals surface area contributed by atoms with E-state index < -0.39 is 0 Å². The standard InChI is InChI=1S/C20H26N2OS/c1-13(2)16-7-5-15(6-8-16)10-21-20(23)18-9-17-11-22(14(3)4)12-19(17)24-18/h5-9,13-14H,10-12H2,1-4H3,(H,21,23). The first-order chi connectivity index (χ1) is 11.4. The van der Waals surface area contributed by atoms with E-state index in [9.17, 15) is 4.79 Å². The molecule has 0 atom stereocenters. The fraction of sp³-hybridized carbons (Fsp3) is 0.450. The van der Waals surface area contributed by atoms with Crippen molar-refractivity contribution >= 4 is 17.2 Å². The average molecular weight is 343 g/mol. The number of carbonyl (C=O) groups is 1. The van der Waals surface area contributed by atoms with Crippen LogP contribution in [0, 0.1) is 0 Å². The topological polar surface area (TPSA) is 32.3 Å². The number of nitrogens with one attached hydrogen (secondary N) is 1. The van der Waals surface area contributed by atoms with Crippen molar-refractivity contribution in [2.24, 2.45) is 0 Å². The van der Waals surface area contributed by atoms with E-state index in [0.717, 1.165) is 23.5 Å². The third-order valence-corrected chi connectivity index (χ3v) is 5.83. The Hall–Kier alpha value is -1.65. The smallest absolute Gasteiger partial charge is 0.261 e.